The summed E-state index contributed by atoms with van der Waals surface area (Å²) in [6, 6.07) is 8.00. The number of anilines is 2. The van der Waals surface area contributed by atoms with Crippen molar-refractivity contribution in [3.05, 3.63) is 30.5 Å². The number of pyridine rings is 1. The molecule has 1 saturated heterocycles. The van der Waals surface area contributed by atoms with Crippen molar-refractivity contribution in [3.8, 4) is 0 Å². The maximum atomic E-state index is 6.05. The summed E-state index contributed by atoms with van der Waals surface area (Å²) in [6.45, 7) is 4.92. The average Bonchev–Trinajstić information content (AvgIpc) is 2.99. The van der Waals surface area contributed by atoms with Crippen LogP contribution < -0.4 is 10.6 Å². The van der Waals surface area contributed by atoms with E-state index in [4.69, 9.17) is 10.5 Å². The number of nitrogen functional groups attached to an aromatic ring is 1. The molecule has 3 rings (SSSR count). The first-order chi connectivity index (χ1) is 9.79. The zero-order valence-corrected chi connectivity index (χ0v) is 11.9. The number of aromatic nitrogens is 1. The smallest absolute Gasteiger partial charge is 0.0955 e. The highest BCUT2D eigenvalue weighted by atomic mass is 16.5. The molecule has 1 aromatic heterocycles. The Balaban J connectivity index is 1.96. The van der Waals surface area contributed by atoms with Gasteiger partial charge < -0.3 is 15.4 Å². The summed E-state index contributed by atoms with van der Waals surface area (Å²) < 4.78 is 5.76. The van der Waals surface area contributed by atoms with E-state index in [1.807, 2.05) is 24.4 Å². The molecule has 0 amide bonds. The molecule has 106 valence electrons. The van der Waals surface area contributed by atoms with Gasteiger partial charge in [0.2, 0.25) is 0 Å². The van der Waals surface area contributed by atoms with Crippen LogP contribution in [0.15, 0.2) is 30.5 Å². The van der Waals surface area contributed by atoms with Gasteiger partial charge in [0.25, 0.3) is 0 Å². The molecule has 2 N–H and O–H groups in total. The Morgan fingerprint density at radius 1 is 1.40 bits per heavy atom. The van der Waals surface area contributed by atoms with Crippen LogP contribution in [-0.2, 0) is 4.74 Å². The van der Waals surface area contributed by atoms with Gasteiger partial charge in [-0.1, -0.05) is 0 Å². The fourth-order valence-corrected chi connectivity index (χ4v) is 2.87. The third kappa shape index (κ3) is 2.43. The summed E-state index contributed by atoms with van der Waals surface area (Å²) in [6.07, 6.45) is 4.48. The van der Waals surface area contributed by atoms with E-state index >= 15 is 0 Å². The maximum Gasteiger partial charge on any atom is 0.0955 e. The highest BCUT2D eigenvalue weighted by molar-refractivity contribution is 5.98. The molecule has 2 heterocycles. The normalized spacial score (nSPS) is 18.6. The largest absolute Gasteiger partial charge is 0.398 e. The average molecular weight is 271 g/mol. The summed E-state index contributed by atoms with van der Waals surface area (Å²) in [5, 5.41) is 1.02. The van der Waals surface area contributed by atoms with Crippen LogP contribution in [0.1, 0.15) is 19.8 Å². The quantitative estimate of drug-likeness (QED) is 0.869. The Morgan fingerprint density at radius 3 is 3.05 bits per heavy atom. The Morgan fingerprint density at radius 2 is 2.30 bits per heavy atom. The van der Waals surface area contributed by atoms with E-state index in [9.17, 15) is 0 Å². The molecular formula is C16H21N3O. The Kier molecular flexibility index (Phi) is 3.74. The van der Waals surface area contributed by atoms with Crippen molar-refractivity contribution in [3.63, 3.8) is 0 Å². The number of fused-ring (bicyclic) bond motifs is 1. The van der Waals surface area contributed by atoms with Crippen molar-refractivity contribution in [2.24, 2.45) is 0 Å². The lowest BCUT2D eigenvalue weighted by atomic mass is 10.1. The van der Waals surface area contributed by atoms with Crippen LogP contribution in [0.4, 0.5) is 11.4 Å². The van der Waals surface area contributed by atoms with E-state index in [2.05, 4.69) is 22.9 Å². The fraction of sp³-hybridized carbons (Fsp3) is 0.438. The van der Waals surface area contributed by atoms with E-state index in [-0.39, 0.29) is 0 Å². The van der Waals surface area contributed by atoms with Gasteiger partial charge in [-0.2, -0.15) is 0 Å². The molecule has 1 unspecified atom stereocenters. The molecule has 1 aromatic carbocycles. The molecule has 0 radical (unpaired) electrons. The Labute approximate surface area is 119 Å². The number of benzene rings is 1. The zero-order valence-electron chi connectivity index (χ0n) is 11.9. The highest BCUT2D eigenvalue weighted by Crippen LogP contribution is 2.30. The predicted molar refractivity (Wildman–Crippen MR) is 83.0 cm³/mol. The van der Waals surface area contributed by atoms with Crippen molar-refractivity contribution in [1.82, 2.24) is 4.98 Å². The monoisotopic (exact) mass is 271 g/mol. The highest BCUT2D eigenvalue weighted by Gasteiger charge is 2.20. The first-order valence-corrected chi connectivity index (χ1v) is 7.29. The van der Waals surface area contributed by atoms with Gasteiger partial charge in [-0.25, -0.2) is 0 Å². The van der Waals surface area contributed by atoms with Gasteiger partial charge in [0.15, 0.2) is 0 Å². The van der Waals surface area contributed by atoms with E-state index in [0.717, 1.165) is 48.4 Å². The Bertz CT molecular complexity index is 593. The summed E-state index contributed by atoms with van der Waals surface area (Å²) in [5.74, 6) is 0. The molecule has 1 aliphatic rings. The van der Waals surface area contributed by atoms with Crippen LogP contribution >= 0.6 is 0 Å². The molecule has 2 aromatic rings. The van der Waals surface area contributed by atoms with E-state index in [1.165, 1.54) is 6.42 Å². The van der Waals surface area contributed by atoms with Crippen LogP contribution in [0.5, 0.6) is 0 Å². The minimum Gasteiger partial charge on any atom is -0.398 e. The standard InChI is InChI=1S/C16H21N3O/c1-2-19(11-12-5-4-10-20-12)15-8-7-14(17)13-6-3-9-18-16(13)15/h3,6-9,12H,2,4-5,10-11,17H2,1H3. The van der Waals surface area contributed by atoms with Crippen LogP contribution in [0.3, 0.4) is 0 Å². The number of rotatable bonds is 4. The molecular weight excluding hydrogens is 250 g/mol. The van der Waals surface area contributed by atoms with Gasteiger partial charge in [-0.3, -0.25) is 4.98 Å². The second-order valence-corrected chi connectivity index (χ2v) is 5.25. The number of likely N-dealkylation sites (N-methyl/N-ethyl adjacent to an activating group) is 1. The molecule has 20 heavy (non-hydrogen) atoms. The lowest BCUT2D eigenvalue weighted by Gasteiger charge is -2.27. The van der Waals surface area contributed by atoms with Crippen molar-refractivity contribution in [1.29, 1.82) is 0 Å². The van der Waals surface area contributed by atoms with Gasteiger partial charge in [0.05, 0.1) is 17.3 Å². The van der Waals surface area contributed by atoms with E-state index in [0.29, 0.717) is 6.10 Å². The molecule has 0 aliphatic carbocycles. The van der Waals surface area contributed by atoms with Crippen LogP contribution in [-0.4, -0.2) is 30.8 Å². The molecule has 1 fully saturated rings. The fourth-order valence-electron chi connectivity index (χ4n) is 2.87. The van der Waals surface area contributed by atoms with Crippen LogP contribution in [0.25, 0.3) is 10.9 Å². The summed E-state index contributed by atoms with van der Waals surface area (Å²) >= 11 is 0. The van der Waals surface area contributed by atoms with Gasteiger partial charge in [0, 0.05) is 37.0 Å². The van der Waals surface area contributed by atoms with Gasteiger partial charge in [-0.05, 0) is 44.0 Å². The molecule has 1 aliphatic heterocycles. The van der Waals surface area contributed by atoms with Crippen LogP contribution in [0, 0.1) is 0 Å². The third-order valence-electron chi connectivity index (χ3n) is 3.95. The van der Waals surface area contributed by atoms with Crippen LogP contribution in [0.2, 0.25) is 0 Å². The molecule has 0 saturated carbocycles. The zero-order chi connectivity index (χ0) is 13.9. The van der Waals surface area contributed by atoms with Crippen molar-refractivity contribution in [2.45, 2.75) is 25.9 Å². The van der Waals surface area contributed by atoms with Crippen molar-refractivity contribution < 1.29 is 4.74 Å². The van der Waals surface area contributed by atoms with Gasteiger partial charge >= 0.3 is 0 Å². The molecule has 0 spiro atoms. The molecule has 1 atom stereocenters. The molecule has 4 nitrogen and oxygen atoms in total. The topological polar surface area (TPSA) is 51.4 Å². The molecule has 4 heteroatoms. The van der Waals surface area contributed by atoms with E-state index in [1.54, 1.807) is 0 Å². The number of nitrogens with zero attached hydrogens (tertiary/aromatic N) is 2. The minimum atomic E-state index is 0.339. The lowest BCUT2D eigenvalue weighted by Crippen LogP contribution is -2.32. The Hall–Kier alpha value is -1.81. The SMILES string of the molecule is CCN(CC1CCCO1)c1ccc(N)c2cccnc12. The maximum absolute atomic E-state index is 6.05. The second kappa shape index (κ2) is 5.67. The lowest BCUT2D eigenvalue weighted by molar-refractivity contribution is 0.116. The number of hydrogen-bond donors (Lipinski definition) is 1. The summed E-state index contributed by atoms with van der Waals surface area (Å²) in [5.41, 5.74) is 8.95. The van der Waals surface area contributed by atoms with Gasteiger partial charge in [-0.15, -0.1) is 0 Å². The predicted octanol–water partition coefficient (Wildman–Crippen LogP) is 2.82. The first kappa shape index (κ1) is 13.2. The van der Waals surface area contributed by atoms with E-state index < -0.39 is 0 Å². The van der Waals surface area contributed by atoms with Gasteiger partial charge in [0.1, 0.15) is 0 Å². The third-order valence-corrected chi connectivity index (χ3v) is 3.95. The second-order valence-electron chi connectivity index (χ2n) is 5.25. The summed E-state index contributed by atoms with van der Waals surface area (Å²) in [7, 11) is 0. The number of hydrogen-bond acceptors (Lipinski definition) is 4. The minimum absolute atomic E-state index is 0.339. The number of nitrogens with two attached hydrogens (primary N) is 1. The van der Waals surface area contributed by atoms with Crippen molar-refractivity contribution >= 4 is 22.3 Å². The summed E-state index contributed by atoms with van der Waals surface area (Å²) in [4.78, 5) is 6.86. The first-order valence-electron chi connectivity index (χ1n) is 7.29. The van der Waals surface area contributed by atoms with Crippen molar-refractivity contribution in [2.75, 3.05) is 30.3 Å². The number of ether oxygens (including phenoxy) is 1. The molecule has 0 bridgehead atoms.